The summed E-state index contributed by atoms with van der Waals surface area (Å²) in [4.78, 5) is 16.0. The molecule has 0 saturated carbocycles. The number of hydrogen-bond donors (Lipinski definition) is 1. The Morgan fingerprint density at radius 1 is 1.20 bits per heavy atom. The van der Waals surface area contributed by atoms with Gasteiger partial charge in [0.15, 0.2) is 6.61 Å². The van der Waals surface area contributed by atoms with Gasteiger partial charge in [0.2, 0.25) is 0 Å². The zero-order chi connectivity index (χ0) is 17.6. The summed E-state index contributed by atoms with van der Waals surface area (Å²) in [5.41, 5.74) is 2.65. The fourth-order valence-electron chi connectivity index (χ4n) is 2.37. The van der Waals surface area contributed by atoms with E-state index in [1.54, 1.807) is 25.7 Å². The molecule has 3 rings (SSSR count). The Morgan fingerprint density at radius 2 is 2.00 bits per heavy atom. The molecule has 0 bridgehead atoms. The second kappa shape index (κ2) is 7.53. The summed E-state index contributed by atoms with van der Waals surface area (Å²) in [7, 11) is 1.60. The molecule has 6 nitrogen and oxygen atoms in total. The Balaban J connectivity index is 1.55. The summed E-state index contributed by atoms with van der Waals surface area (Å²) in [5.74, 6) is 1.12. The molecule has 6 heteroatoms. The molecular weight excluding hydrogens is 318 g/mol. The molecule has 0 aliphatic rings. The van der Waals surface area contributed by atoms with Crippen molar-refractivity contribution in [1.82, 2.24) is 9.55 Å². The first-order chi connectivity index (χ1) is 12.2. The number of anilines is 1. The van der Waals surface area contributed by atoms with Crippen LogP contribution in [0.2, 0.25) is 0 Å². The number of amides is 1. The minimum Gasteiger partial charge on any atom is -0.496 e. The molecular formula is C19H19N3O3. The number of methoxy groups -OCH3 is 1. The molecule has 0 saturated heterocycles. The Bertz CT molecular complexity index is 843. The number of nitrogens with one attached hydrogen (secondary N) is 1. The van der Waals surface area contributed by atoms with Crippen LogP contribution in [-0.2, 0) is 4.79 Å². The Morgan fingerprint density at radius 3 is 2.68 bits per heavy atom. The molecule has 0 unspecified atom stereocenters. The monoisotopic (exact) mass is 337 g/mol. The lowest BCUT2D eigenvalue weighted by Crippen LogP contribution is -2.20. The number of aryl methyl sites for hydroxylation is 1. The average molecular weight is 337 g/mol. The van der Waals surface area contributed by atoms with E-state index in [0.29, 0.717) is 11.4 Å². The van der Waals surface area contributed by atoms with Gasteiger partial charge in [-0.05, 0) is 42.8 Å². The van der Waals surface area contributed by atoms with Gasteiger partial charge in [0, 0.05) is 29.8 Å². The van der Waals surface area contributed by atoms with E-state index in [1.807, 2.05) is 54.1 Å². The van der Waals surface area contributed by atoms with Gasteiger partial charge in [-0.2, -0.15) is 0 Å². The van der Waals surface area contributed by atoms with Gasteiger partial charge >= 0.3 is 0 Å². The number of carbonyl (C=O) groups is 1. The third-order valence-corrected chi connectivity index (χ3v) is 3.70. The molecule has 0 aliphatic carbocycles. The normalized spacial score (nSPS) is 10.3. The highest BCUT2D eigenvalue weighted by molar-refractivity contribution is 5.92. The van der Waals surface area contributed by atoms with E-state index in [4.69, 9.17) is 9.47 Å². The largest absolute Gasteiger partial charge is 0.496 e. The van der Waals surface area contributed by atoms with Crippen LogP contribution in [0.1, 0.15) is 5.56 Å². The second-order valence-corrected chi connectivity index (χ2v) is 5.49. The first-order valence-corrected chi connectivity index (χ1v) is 7.81. The van der Waals surface area contributed by atoms with Crippen molar-refractivity contribution in [3.05, 3.63) is 66.7 Å². The molecule has 1 N–H and O–H groups in total. The molecule has 0 spiro atoms. The summed E-state index contributed by atoms with van der Waals surface area (Å²) >= 11 is 0. The van der Waals surface area contributed by atoms with E-state index >= 15 is 0 Å². The molecule has 3 aromatic rings. The van der Waals surface area contributed by atoms with Gasteiger partial charge in [-0.3, -0.25) is 4.79 Å². The quantitative estimate of drug-likeness (QED) is 0.750. The van der Waals surface area contributed by atoms with Crippen LogP contribution in [0.15, 0.2) is 61.2 Å². The summed E-state index contributed by atoms with van der Waals surface area (Å²) in [6.45, 7) is 1.88. The first kappa shape index (κ1) is 16.6. The van der Waals surface area contributed by atoms with Crippen LogP contribution in [0, 0.1) is 6.92 Å². The fourth-order valence-corrected chi connectivity index (χ4v) is 2.37. The van der Waals surface area contributed by atoms with Crippen molar-refractivity contribution in [3.8, 4) is 17.2 Å². The number of imidazole rings is 1. The van der Waals surface area contributed by atoms with E-state index in [2.05, 4.69) is 10.3 Å². The van der Waals surface area contributed by atoms with Crippen LogP contribution < -0.4 is 14.8 Å². The third kappa shape index (κ3) is 4.17. The number of nitrogens with zero attached hydrogens (tertiary/aromatic N) is 2. The van der Waals surface area contributed by atoms with Crippen molar-refractivity contribution in [2.75, 3.05) is 19.0 Å². The van der Waals surface area contributed by atoms with Gasteiger partial charge in [-0.15, -0.1) is 0 Å². The van der Waals surface area contributed by atoms with Crippen LogP contribution in [-0.4, -0.2) is 29.2 Å². The molecule has 0 atom stereocenters. The SMILES string of the molecule is COc1cc(NC(=O)COc2ccc(-n3ccnc3)cc2)ccc1C. The van der Waals surface area contributed by atoms with Crippen molar-refractivity contribution in [3.63, 3.8) is 0 Å². The Hall–Kier alpha value is -3.28. The smallest absolute Gasteiger partial charge is 0.262 e. The molecule has 2 aromatic carbocycles. The highest BCUT2D eigenvalue weighted by Crippen LogP contribution is 2.22. The number of aromatic nitrogens is 2. The Kier molecular flexibility index (Phi) is 4.99. The van der Waals surface area contributed by atoms with Gasteiger partial charge in [0.25, 0.3) is 5.91 Å². The van der Waals surface area contributed by atoms with Gasteiger partial charge in [0.1, 0.15) is 11.5 Å². The zero-order valence-corrected chi connectivity index (χ0v) is 14.1. The number of ether oxygens (including phenoxy) is 2. The minimum absolute atomic E-state index is 0.0688. The van der Waals surface area contributed by atoms with E-state index in [9.17, 15) is 4.79 Å². The third-order valence-electron chi connectivity index (χ3n) is 3.70. The lowest BCUT2D eigenvalue weighted by molar-refractivity contribution is -0.118. The molecule has 1 aromatic heterocycles. The maximum atomic E-state index is 12.0. The fraction of sp³-hybridized carbons (Fsp3) is 0.158. The Labute approximate surface area is 146 Å². The van der Waals surface area contributed by atoms with E-state index < -0.39 is 0 Å². The van der Waals surface area contributed by atoms with Gasteiger partial charge in [0.05, 0.1) is 13.4 Å². The van der Waals surface area contributed by atoms with Crippen molar-refractivity contribution in [2.24, 2.45) is 0 Å². The number of hydrogen-bond acceptors (Lipinski definition) is 4. The maximum absolute atomic E-state index is 12.0. The number of rotatable bonds is 6. The van der Waals surface area contributed by atoms with Crippen LogP contribution in [0.5, 0.6) is 11.5 Å². The number of benzene rings is 2. The van der Waals surface area contributed by atoms with Crippen LogP contribution in [0.3, 0.4) is 0 Å². The topological polar surface area (TPSA) is 65.4 Å². The summed E-state index contributed by atoms with van der Waals surface area (Å²) < 4.78 is 12.7. The van der Waals surface area contributed by atoms with Gasteiger partial charge in [-0.25, -0.2) is 4.98 Å². The molecule has 1 heterocycles. The van der Waals surface area contributed by atoms with Gasteiger partial charge < -0.3 is 19.4 Å². The summed E-state index contributed by atoms with van der Waals surface area (Å²) in [6, 6.07) is 12.9. The number of carbonyl (C=O) groups excluding carboxylic acids is 1. The molecule has 0 fully saturated rings. The highest BCUT2D eigenvalue weighted by atomic mass is 16.5. The summed E-state index contributed by atoms with van der Waals surface area (Å²) in [5, 5.41) is 2.79. The molecule has 128 valence electrons. The highest BCUT2D eigenvalue weighted by Gasteiger charge is 2.06. The van der Waals surface area contributed by atoms with E-state index in [0.717, 1.165) is 17.0 Å². The van der Waals surface area contributed by atoms with Crippen molar-refractivity contribution in [1.29, 1.82) is 0 Å². The first-order valence-electron chi connectivity index (χ1n) is 7.81. The molecule has 0 aliphatic heterocycles. The molecule has 25 heavy (non-hydrogen) atoms. The summed E-state index contributed by atoms with van der Waals surface area (Å²) in [6.07, 6.45) is 5.30. The van der Waals surface area contributed by atoms with Gasteiger partial charge in [-0.1, -0.05) is 6.07 Å². The maximum Gasteiger partial charge on any atom is 0.262 e. The lowest BCUT2D eigenvalue weighted by Gasteiger charge is -2.10. The predicted octanol–water partition coefficient (Wildman–Crippen LogP) is 3.21. The van der Waals surface area contributed by atoms with Crippen LogP contribution in [0.25, 0.3) is 5.69 Å². The van der Waals surface area contributed by atoms with E-state index in [-0.39, 0.29) is 12.5 Å². The second-order valence-electron chi connectivity index (χ2n) is 5.49. The van der Waals surface area contributed by atoms with Crippen LogP contribution >= 0.6 is 0 Å². The minimum atomic E-state index is -0.232. The van der Waals surface area contributed by atoms with Crippen molar-refractivity contribution in [2.45, 2.75) is 6.92 Å². The zero-order valence-electron chi connectivity index (χ0n) is 14.1. The predicted molar refractivity (Wildman–Crippen MR) is 95.4 cm³/mol. The molecule has 1 amide bonds. The molecule has 0 radical (unpaired) electrons. The average Bonchev–Trinajstić information content (AvgIpc) is 3.17. The van der Waals surface area contributed by atoms with E-state index in [1.165, 1.54) is 0 Å². The standard InChI is InChI=1S/C19H19N3O3/c1-14-3-4-15(11-18(14)24-2)21-19(23)12-25-17-7-5-16(6-8-17)22-10-9-20-13-22/h3-11,13H,12H2,1-2H3,(H,21,23). The van der Waals surface area contributed by atoms with Crippen molar-refractivity contribution >= 4 is 11.6 Å². The van der Waals surface area contributed by atoms with Crippen LogP contribution in [0.4, 0.5) is 5.69 Å². The van der Waals surface area contributed by atoms with Crippen molar-refractivity contribution < 1.29 is 14.3 Å². The lowest BCUT2D eigenvalue weighted by atomic mass is 10.2.